The second-order valence-corrected chi connectivity index (χ2v) is 9.18. The lowest BCUT2D eigenvalue weighted by molar-refractivity contribution is 0.0924. The van der Waals surface area contributed by atoms with Gasteiger partial charge >= 0.3 is 0 Å². The van der Waals surface area contributed by atoms with Crippen LogP contribution < -0.4 is 5.32 Å². The van der Waals surface area contributed by atoms with Crippen molar-refractivity contribution in [2.24, 2.45) is 5.92 Å². The zero-order chi connectivity index (χ0) is 21.8. The maximum Gasteiger partial charge on any atom is 0.252 e. The molecule has 0 spiro atoms. The van der Waals surface area contributed by atoms with Crippen LogP contribution in [0.3, 0.4) is 0 Å². The lowest BCUT2D eigenvalue weighted by Crippen LogP contribution is -2.45. The van der Waals surface area contributed by atoms with Crippen molar-refractivity contribution >= 4 is 29.1 Å². The molecular weight excluding hydrogens is 419 g/mol. The summed E-state index contributed by atoms with van der Waals surface area (Å²) in [7, 11) is 1.76. The molecule has 164 valence electrons. The quantitative estimate of drug-likeness (QED) is 0.590. The molecule has 0 aromatic heterocycles. The number of amides is 1. The molecule has 2 aliphatic rings. The summed E-state index contributed by atoms with van der Waals surface area (Å²) in [6.45, 7) is 9.43. The average molecular weight is 451 g/mol. The number of nitrogens with zero attached hydrogens (tertiary/aromatic N) is 1. The standard InChI is InChI=1S/C24H32Cl2N2O2/c1-15-16(2)22(30-4)11-10-19(15)17(3)28-12-6-7-18(14-28)13-27-24(29)20-8-5-9-21(25)23(20)26/h5,8-9,17-18H,6-7,10-14H2,1-4H3,(H,27,29). The monoisotopic (exact) mass is 450 g/mol. The van der Waals surface area contributed by atoms with Crippen LogP contribution in [-0.2, 0) is 4.74 Å². The molecule has 0 radical (unpaired) electrons. The van der Waals surface area contributed by atoms with E-state index >= 15 is 0 Å². The molecule has 1 fully saturated rings. The van der Waals surface area contributed by atoms with Gasteiger partial charge in [0.15, 0.2) is 0 Å². The van der Waals surface area contributed by atoms with Gasteiger partial charge < -0.3 is 10.1 Å². The summed E-state index contributed by atoms with van der Waals surface area (Å²) < 4.78 is 5.54. The number of rotatable bonds is 6. The highest BCUT2D eigenvalue weighted by Gasteiger charge is 2.29. The van der Waals surface area contributed by atoms with Gasteiger partial charge in [0.2, 0.25) is 0 Å². The largest absolute Gasteiger partial charge is 0.501 e. The van der Waals surface area contributed by atoms with E-state index in [0.29, 0.717) is 34.1 Å². The van der Waals surface area contributed by atoms with Crippen LogP contribution in [0, 0.1) is 5.92 Å². The smallest absolute Gasteiger partial charge is 0.252 e. The molecule has 0 bridgehead atoms. The summed E-state index contributed by atoms with van der Waals surface area (Å²) >= 11 is 12.2. The molecular formula is C24H32Cl2N2O2. The first-order valence-electron chi connectivity index (χ1n) is 10.7. The second-order valence-electron chi connectivity index (χ2n) is 8.39. The van der Waals surface area contributed by atoms with Gasteiger partial charge in [0.25, 0.3) is 5.91 Å². The Hall–Kier alpha value is -1.49. The van der Waals surface area contributed by atoms with Crippen molar-refractivity contribution in [1.29, 1.82) is 0 Å². The minimum atomic E-state index is -0.161. The van der Waals surface area contributed by atoms with Crippen LogP contribution in [0.25, 0.3) is 0 Å². The number of allylic oxidation sites excluding steroid dienone is 3. The highest BCUT2D eigenvalue weighted by atomic mass is 35.5. The Kier molecular flexibility index (Phi) is 7.89. The number of piperidine rings is 1. The fourth-order valence-corrected chi connectivity index (χ4v) is 5.08. The van der Waals surface area contributed by atoms with Gasteiger partial charge in [-0.2, -0.15) is 0 Å². The Morgan fingerprint density at radius 3 is 2.77 bits per heavy atom. The highest BCUT2D eigenvalue weighted by molar-refractivity contribution is 6.43. The van der Waals surface area contributed by atoms with Gasteiger partial charge in [-0.25, -0.2) is 0 Å². The third kappa shape index (κ3) is 5.04. The number of halogens is 2. The molecule has 4 nitrogen and oxygen atoms in total. The molecule has 1 aliphatic carbocycles. The topological polar surface area (TPSA) is 41.6 Å². The fraction of sp³-hybridized carbons (Fsp3) is 0.542. The molecule has 1 saturated heterocycles. The third-order valence-corrected chi connectivity index (χ3v) is 7.50. The lowest BCUT2D eigenvalue weighted by Gasteiger charge is -2.39. The first kappa shape index (κ1) is 23.2. The van der Waals surface area contributed by atoms with E-state index in [1.54, 1.807) is 25.3 Å². The van der Waals surface area contributed by atoms with Crippen LogP contribution in [0.15, 0.2) is 40.7 Å². The van der Waals surface area contributed by atoms with Crippen molar-refractivity contribution < 1.29 is 9.53 Å². The maximum absolute atomic E-state index is 12.6. The Morgan fingerprint density at radius 1 is 1.27 bits per heavy atom. The number of nitrogens with one attached hydrogen (secondary N) is 1. The number of benzene rings is 1. The average Bonchev–Trinajstić information content (AvgIpc) is 2.75. The first-order chi connectivity index (χ1) is 14.3. The van der Waals surface area contributed by atoms with Gasteiger partial charge in [-0.3, -0.25) is 9.69 Å². The van der Waals surface area contributed by atoms with E-state index in [9.17, 15) is 4.79 Å². The molecule has 1 N–H and O–H groups in total. The SMILES string of the molecule is COC1=C(C)C(C)=C(C(C)N2CCCC(CNC(=O)c3cccc(Cl)c3Cl)C2)CC1. The van der Waals surface area contributed by atoms with Crippen LogP contribution in [-0.4, -0.2) is 43.6 Å². The summed E-state index contributed by atoms with van der Waals surface area (Å²) in [6.07, 6.45) is 4.30. The summed E-state index contributed by atoms with van der Waals surface area (Å²) in [5, 5.41) is 3.78. The van der Waals surface area contributed by atoms with Crippen molar-refractivity contribution in [3.05, 3.63) is 56.3 Å². The van der Waals surface area contributed by atoms with Crippen LogP contribution in [0.5, 0.6) is 0 Å². The minimum Gasteiger partial charge on any atom is -0.501 e. The summed E-state index contributed by atoms with van der Waals surface area (Å²) in [6, 6.07) is 5.55. The maximum atomic E-state index is 12.6. The van der Waals surface area contributed by atoms with E-state index in [1.165, 1.54) is 16.7 Å². The minimum absolute atomic E-state index is 0.161. The number of hydrogen-bond acceptors (Lipinski definition) is 3. The van der Waals surface area contributed by atoms with Crippen LogP contribution >= 0.6 is 23.2 Å². The third-order valence-electron chi connectivity index (χ3n) is 6.68. The van der Waals surface area contributed by atoms with Crippen molar-refractivity contribution in [2.45, 2.75) is 52.5 Å². The molecule has 1 aliphatic heterocycles. The second kappa shape index (κ2) is 10.2. The number of hydrogen-bond donors (Lipinski definition) is 1. The summed E-state index contributed by atoms with van der Waals surface area (Å²) in [5.74, 6) is 1.38. The normalized spacial score (nSPS) is 21.6. The Bertz CT molecular complexity index is 863. The lowest BCUT2D eigenvalue weighted by atomic mass is 9.86. The van der Waals surface area contributed by atoms with Crippen molar-refractivity contribution in [1.82, 2.24) is 10.2 Å². The predicted molar refractivity (Wildman–Crippen MR) is 124 cm³/mol. The zero-order valence-electron chi connectivity index (χ0n) is 18.4. The van der Waals surface area contributed by atoms with Gasteiger partial charge in [0.05, 0.1) is 28.5 Å². The van der Waals surface area contributed by atoms with Gasteiger partial charge in [-0.1, -0.05) is 29.3 Å². The van der Waals surface area contributed by atoms with Gasteiger partial charge in [-0.05, 0) is 81.3 Å². The number of carbonyl (C=O) groups excluding carboxylic acids is 1. The first-order valence-corrected chi connectivity index (χ1v) is 11.5. The molecule has 30 heavy (non-hydrogen) atoms. The molecule has 1 aromatic rings. The molecule has 0 saturated carbocycles. The van der Waals surface area contributed by atoms with E-state index in [4.69, 9.17) is 27.9 Å². The molecule has 6 heteroatoms. The van der Waals surface area contributed by atoms with Gasteiger partial charge in [-0.15, -0.1) is 0 Å². The van der Waals surface area contributed by atoms with Crippen LogP contribution in [0.1, 0.15) is 56.8 Å². The number of ether oxygens (including phenoxy) is 1. The van der Waals surface area contributed by atoms with E-state index in [-0.39, 0.29) is 5.91 Å². The fourth-order valence-electron chi connectivity index (χ4n) is 4.70. The molecule has 2 atom stereocenters. The summed E-state index contributed by atoms with van der Waals surface area (Å²) in [4.78, 5) is 15.1. The van der Waals surface area contributed by atoms with Crippen LogP contribution in [0.4, 0.5) is 0 Å². The van der Waals surface area contributed by atoms with E-state index in [1.807, 2.05) is 0 Å². The number of likely N-dealkylation sites (tertiary alicyclic amines) is 1. The van der Waals surface area contributed by atoms with Crippen molar-refractivity contribution in [2.75, 3.05) is 26.7 Å². The highest BCUT2D eigenvalue weighted by Crippen LogP contribution is 2.34. The molecule has 2 unspecified atom stereocenters. The summed E-state index contributed by atoms with van der Waals surface area (Å²) in [5.41, 5.74) is 4.61. The number of methoxy groups -OCH3 is 1. The number of carbonyl (C=O) groups is 1. The van der Waals surface area contributed by atoms with Gasteiger partial charge in [0, 0.05) is 25.6 Å². The Balaban J connectivity index is 1.61. The molecule has 1 amide bonds. The zero-order valence-corrected chi connectivity index (χ0v) is 19.9. The van der Waals surface area contributed by atoms with Gasteiger partial charge in [0.1, 0.15) is 0 Å². The van der Waals surface area contributed by atoms with E-state index < -0.39 is 0 Å². The predicted octanol–water partition coefficient (Wildman–Crippen LogP) is 5.85. The van der Waals surface area contributed by atoms with Crippen LogP contribution in [0.2, 0.25) is 10.0 Å². The molecule has 1 aromatic carbocycles. The molecule has 1 heterocycles. The van der Waals surface area contributed by atoms with Crippen molar-refractivity contribution in [3.63, 3.8) is 0 Å². The Labute approximate surface area is 190 Å². The Morgan fingerprint density at radius 2 is 2.03 bits per heavy atom. The van der Waals surface area contributed by atoms with E-state index in [0.717, 1.165) is 44.5 Å². The van der Waals surface area contributed by atoms with Crippen molar-refractivity contribution in [3.8, 4) is 0 Å². The molecule has 3 rings (SSSR count). The van der Waals surface area contributed by atoms with E-state index in [2.05, 4.69) is 31.0 Å².